The molecule has 2 nitrogen and oxygen atoms in total. The Morgan fingerprint density at radius 1 is 0.727 bits per heavy atom. The average molecular weight is 308 g/mol. The van der Waals surface area contributed by atoms with Crippen LogP contribution in [0.5, 0.6) is 0 Å². The number of hydrogen-bond acceptors (Lipinski definition) is 1. The average Bonchev–Trinajstić information content (AvgIpc) is 2.50. The summed E-state index contributed by atoms with van der Waals surface area (Å²) < 4.78 is 0. The highest BCUT2D eigenvalue weighted by molar-refractivity contribution is 5.85. The van der Waals surface area contributed by atoms with Gasteiger partial charge in [0.15, 0.2) is 0 Å². The van der Waals surface area contributed by atoms with E-state index < -0.39 is 0 Å². The van der Waals surface area contributed by atoms with E-state index in [0.29, 0.717) is 0 Å². The first kappa shape index (κ1) is 20.9. The van der Waals surface area contributed by atoms with Crippen LogP contribution < -0.4 is 5.73 Å². The number of hydrogen-bond donors (Lipinski definition) is 1. The SMILES string of the molecule is CCCCCCCCCCCCCCCC=CC=CC(N)=O. The molecule has 0 aliphatic heterocycles. The van der Waals surface area contributed by atoms with Crippen molar-refractivity contribution in [3.63, 3.8) is 0 Å². The summed E-state index contributed by atoms with van der Waals surface area (Å²) in [5, 5.41) is 0. The Balaban J connectivity index is 3.10. The van der Waals surface area contributed by atoms with Crippen molar-refractivity contribution >= 4 is 5.91 Å². The third-order valence-electron chi connectivity index (χ3n) is 3.98. The van der Waals surface area contributed by atoms with Gasteiger partial charge in [-0.1, -0.05) is 102 Å². The fourth-order valence-corrected chi connectivity index (χ4v) is 2.61. The van der Waals surface area contributed by atoms with E-state index in [0.717, 1.165) is 6.42 Å². The zero-order valence-electron chi connectivity index (χ0n) is 14.7. The largest absolute Gasteiger partial charge is 0.366 e. The molecular formula is C20H37NO. The van der Waals surface area contributed by atoms with Crippen LogP contribution in [-0.4, -0.2) is 5.91 Å². The molecule has 22 heavy (non-hydrogen) atoms. The highest BCUT2D eigenvalue weighted by atomic mass is 16.1. The van der Waals surface area contributed by atoms with Crippen molar-refractivity contribution in [3.05, 3.63) is 24.3 Å². The highest BCUT2D eigenvalue weighted by Crippen LogP contribution is 2.12. The molecular weight excluding hydrogens is 270 g/mol. The van der Waals surface area contributed by atoms with Crippen LogP contribution >= 0.6 is 0 Å². The smallest absolute Gasteiger partial charge is 0.241 e. The summed E-state index contributed by atoms with van der Waals surface area (Å²) in [5.41, 5.74) is 5.00. The maximum Gasteiger partial charge on any atom is 0.241 e. The topological polar surface area (TPSA) is 43.1 Å². The summed E-state index contributed by atoms with van der Waals surface area (Å²) in [4.78, 5) is 10.5. The Bertz CT molecular complexity index is 294. The Morgan fingerprint density at radius 3 is 1.64 bits per heavy atom. The number of carbonyl (C=O) groups is 1. The molecule has 0 heterocycles. The van der Waals surface area contributed by atoms with E-state index in [1.807, 2.05) is 6.08 Å². The second kappa shape index (κ2) is 18.0. The summed E-state index contributed by atoms with van der Waals surface area (Å²) in [6.45, 7) is 2.28. The molecule has 128 valence electrons. The van der Waals surface area contributed by atoms with Gasteiger partial charge < -0.3 is 5.73 Å². The van der Waals surface area contributed by atoms with Gasteiger partial charge in [-0.2, -0.15) is 0 Å². The molecule has 0 aromatic rings. The van der Waals surface area contributed by atoms with E-state index in [2.05, 4.69) is 13.0 Å². The monoisotopic (exact) mass is 307 g/mol. The predicted molar refractivity (Wildman–Crippen MR) is 97.8 cm³/mol. The fraction of sp³-hybridized carbons (Fsp3) is 0.750. The van der Waals surface area contributed by atoms with Crippen molar-refractivity contribution in [3.8, 4) is 0 Å². The summed E-state index contributed by atoms with van der Waals surface area (Å²) in [6, 6.07) is 0. The van der Waals surface area contributed by atoms with E-state index in [1.54, 1.807) is 6.08 Å². The molecule has 0 aliphatic carbocycles. The molecule has 0 spiro atoms. The van der Waals surface area contributed by atoms with E-state index in [-0.39, 0.29) is 5.91 Å². The van der Waals surface area contributed by atoms with Crippen LogP contribution in [0, 0.1) is 0 Å². The lowest BCUT2D eigenvalue weighted by Crippen LogP contribution is -2.04. The minimum absolute atomic E-state index is 0.384. The van der Waals surface area contributed by atoms with Crippen molar-refractivity contribution in [2.75, 3.05) is 0 Å². The van der Waals surface area contributed by atoms with Gasteiger partial charge in [0.25, 0.3) is 0 Å². The molecule has 0 aromatic carbocycles. The summed E-state index contributed by atoms with van der Waals surface area (Å²) in [7, 11) is 0. The van der Waals surface area contributed by atoms with Crippen LogP contribution in [-0.2, 0) is 4.79 Å². The van der Waals surface area contributed by atoms with Crippen molar-refractivity contribution in [1.82, 2.24) is 0 Å². The molecule has 0 rings (SSSR count). The number of primary amides is 1. The number of amides is 1. The van der Waals surface area contributed by atoms with Crippen molar-refractivity contribution in [1.29, 1.82) is 0 Å². The van der Waals surface area contributed by atoms with Crippen molar-refractivity contribution < 1.29 is 4.79 Å². The van der Waals surface area contributed by atoms with E-state index in [9.17, 15) is 4.79 Å². The first-order valence-corrected chi connectivity index (χ1v) is 9.40. The van der Waals surface area contributed by atoms with Crippen molar-refractivity contribution in [2.24, 2.45) is 5.73 Å². The van der Waals surface area contributed by atoms with Gasteiger partial charge in [0.1, 0.15) is 0 Å². The maximum atomic E-state index is 10.5. The van der Waals surface area contributed by atoms with E-state index in [1.165, 1.54) is 89.5 Å². The second-order valence-electron chi connectivity index (χ2n) is 6.22. The Hall–Kier alpha value is -1.05. The lowest BCUT2D eigenvalue weighted by Gasteiger charge is -2.02. The van der Waals surface area contributed by atoms with Gasteiger partial charge in [-0.25, -0.2) is 0 Å². The molecule has 0 atom stereocenters. The lowest BCUT2D eigenvalue weighted by atomic mass is 10.0. The second-order valence-corrected chi connectivity index (χ2v) is 6.22. The zero-order valence-corrected chi connectivity index (χ0v) is 14.7. The number of nitrogens with two attached hydrogens (primary N) is 1. The molecule has 0 aromatic heterocycles. The van der Waals surface area contributed by atoms with Gasteiger partial charge in [-0.15, -0.1) is 0 Å². The standard InChI is InChI=1S/C20H37NO/c1-2-3-4-5-6-7-8-9-10-11-12-13-14-15-16-17-18-19-20(21)22/h16-19H,2-15H2,1H3,(H2,21,22). The first-order valence-electron chi connectivity index (χ1n) is 9.40. The van der Waals surface area contributed by atoms with Gasteiger partial charge in [-0.3, -0.25) is 4.79 Å². The van der Waals surface area contributed by atoms with Gasteiger partial charge in [0.05, 0.1) is 0 Å². The Kier molecular flexibility index (Phi) is 17.1. The first-order chi connectivity index (χ1) is 10.8. The van der Waals surface area contributed by atoms with Crippen LogP contribution in [0.1, 0.15) is 96.8 Å². The molecule has 0 fully saturated rings. The van der Waals surface area contributed by atoms with Gasteiger partial charge >= 0.3 is 0 Å². The Morgan fingerprint density at radius 2 is 1.18 bits per heavy atom. The summed E-state index contributed by atoms with van der Waals surface area (Å²) >= 11 is 0. The van der Waals surface area contributed by atoms with Gasteiger partial charge in [-0.05, 0) is 12.8 Å². The molecule has 0 aliphatic rings. The third-order valence-corrected chi connectivity index (χ3v) is 3.98. The third kappa shape index (κ3) is 18.9. The molecule has 0 saturated carbocycles. The molecule has 0 bridgehead atoms. The van der Waals surface area contributed by atoms with Crippen LogP contribution in [0.3, 0.4) is 0 Å². The fourth-order valence-electron chi connectivity index (χ4n) is 2.61. The summed E-state index contributed by atoms with van der Waals surface area (Å²) in [6.07, 6.45) is 26.3. The minimum atomic E-state index is -0.384. The lowest BCUT2D eigenvalue weighted by molar-refractivity contribution is -0.113. The van der Waals surface area contributed by atoms with E-state index >= 15 is 0 Å². The molecule has 2 heteroatoms. The molecule has 0 unspecified atom stereocenters. The number of unbranched alkanes of at least 4 members (excludes halogenated alkanes) is 13. The maximum absolute atomic E-state index is 10.5. The summed E-state index contributed by atoms with van der Waals surface area (Å²) in [5.74, 6) is -0.384. The molecule has 2 N–H and O–H groups in total. The van der Waals surface area contributed by atoms with Crippen LogP contribution in [0.25, 0.3) is 0 Å². The normalized spacial score (nSPS) is 11.7. The van der Waals surface area contributed by atoms with E-state index in [4.69, 9.17) is 5.73 Å². The molecule has 0 radical (unpaired) electrons. The minimum Gasteiger partial charge on any atom is -0.366 e. The van der Waals surface area contributed by atoms with Gasteiger partial charge in [0, 0.05) is 6.08 Å². The quantitative estimate of drug-likeness (QED) is 0.210. The predicted octanol–water partition coefficient (Wildman–Crippen LogP) is 6.07. The number of allylic oxidation sites excluding steroid dienone is 3. The van der Waals surface area contributed by atoms with Crippen molar-refractivity contribution in [2.45, 2.75) is 96.8 Å². The van der Waals surface area contributed by atoms with Crippen LogP contribution in [0.15, 0.2) is 24.3 Å². The zero-order chi connectivity index (χ0) is 16.3. The highest BCUT2D eigenvalue weighted by Gasteiger charge is 1.93. The van der Waals surface area contributed by atoms with Gasteiger partial charge in [0.2, 0.25) is 5.91 Å². The van der Waals surface area contributed by atoms with Crippen LogP contribution in [0.2, 0.25) is 0 Å². The van der Waals surface area contributed by atoms with Crippen LogP contribution in [0.4, 0.5) is 0 Å². The Labute approximate surface area is 138 Å². The molecule has 0 saturated heterocycles. The molecule has 1 amide bonds. The number of rotatable bonds is 16. The number of carbonyl (C=O) groups excluding carboxylic acids is 1.